The van der Waals surface area contributed by atoms with Crippen molar-refractivity contribution >= 4 is 28.7 Å². The molecule has 0 heterocycles. The van der Waals surface area contributed by atoms with E-state index in [1.807, 2.05) is 0 Å². The molecule has 0 N–H and O–H groups in total. The van der Waals surface area contributed by atoms with E-state index in [4.69, 9.17) is 11.6 Å². The van der Waals surface area contributed by atoms with Crippen LogP contribution in [0.25, 0.3) is 11.3 Å². The predicted octanol–water partition coefficient (Wildman–Crippen LogP) is 2.76. The van der Waals surface area contributed by atoms with Crippen LogP contribution in [-0.4, -0.2) is 5.78 Å². The van der Waals surface area contributed by atoms with Crippen LogP contribution < -0.4 is 5.11 Å². The number of hydrogen-bond donors (Lipinski definition) is 0. The molecule has 0 atom stereocenters. The average molecular weight is 256 g/mol. The lowest BCUT2D eigenvalue weighted by Crippen LogP contribution is -2.03. The highest BCUT2D eigenvalue weighted by Crippen LogP contribution is 2.35. The Bertz CT molecular complexity index is 669. The van der Waals surface area contributed by atoms with Crippen LogP contribution in [0.4, 0.5) is 0 Å². The van der Waals surface area contributed by atoms with Crippen LogP contribution in [-0.2, 0) is 0 Å². The molecule has 0 bridgehead atoms. The summed E-state index contributed by atoms with van der Waals surface area (Å²) in [4.78, 5) is 12.2. The second-order valence-corrected chi connectivity index (χ2v) is 4.52. The number of hydrogen-bond acceptors (Lipinski definition) is 2. The smallest absolute Gasteiger partial charge is 0.193 e. The van der Waals surface area contributed by atoms with Crippen LogP contribution in [0.5, 0.6) is 0 Å². The second-order valence-electron chi connectivity index (χ2n) is 4.09. The van der Waals surface area contributed by atoms with E-state index in [1.165, 1.54) is 0 Å². The Labute approximate surface area is 109 Å². The van der Waals surface area contributed by atoms with E-state index < -0.39 is 0 Å². The van der Waals surface area contributed by atoms with E-state index in [9.17, 15) is 9.90 Å². The molecule has 3 heteroatoms. The van der Waals surface area contributed by atoms with Gasteiger partial charge in [0.15, 0.2) is 5.78 Å². The molecular weight excluding hydrogens is 248 g/mol. The molecule has 18 heavy (non-hydrogen) atoms. The fraction of sp³-hybridized carbons (Fsp3) is 0. The summed E-state index contributed by atoms with van der Waals surface area (Å²) in [5.41, 5.74) is 1.80. The molecule has 0 aliphatic heterocycles. The third-order valence-corrected chi connectivity index (χ3v) is 3.26. The van der Waals surface area contributed by atoms with Crippen molar-refractivity contribution in [3.63, 3.8) is 0 Å². The number of fused-ring (bicyclic) bond motifs is 1. The SMILES string of the molecule is O=C1C(c2ccc(Cl)cc2)=C([O-])c2ccccc21. The number of carbonyl (C=O) groups excluding carboxylic acids is 1. The van der Waals surface area contributed by atoms with Gasteiger partial charge in [0.1, 0.15) is 0 Å². The Kier molecular flexibility index (Phi) is 2.46. The minimum atomic E-state index is -0.210. The third-order valence-electron chi connectivity index (χ3n) is 3.00. The maximum atomic E-state index is 12.2. The summed E-state index contributed by atoms with van der Waals surface area (Å²) in [6, 6.07) is 13.6. The van der Waals surface area contributed by atoms with E-state index in [2.05, 4.69) is 0 Å². The molecule has 0 saturated heterocycles. The van der Waals surface area contributed by atoms with Crippen molar-refractivity contribution in [2.75, 3.05) is 0 Å². The molecule has 2 aromatic carbocycles. The molecule has 0 radical (unpaired) electrons. The van der Waals surface area contributed by atoms with E-state index in [-0.39, 0.29) is 17.1 Å². The average Bonchev–Trinajstić information content (AvgIpc) is 2.64. The molecule has 0 amide bonds. The Morgan fingerprint density at radius 2 is 1.50 bits per heavy atom. The number of allylic oxidation sites excluding steroid dienone is 1. The Morgan fingerprint density at radius 1 is 0.889 bits per heavy atom. The van der Waals surface area contributed by atoms with Crippen LogP contribution in [0.2, 0.25) is 5.02 Å². The lowest BCUT2D eigenvalue weighted by Gasteiger charge is -2.11. The van der Waals surface area contributed by atoms with Gasteiger partial charge < -0.3 is 5.11 Å². The van der Waals surface area contributed by atoms with E-state index in [0.29, 0.717) is 21.7 Å². The number of halogens is 1. The van der Waals surface area contributed by atoms with Crippen LogP contribution in [0, 0.1) is 0 Å². The van der Waals surface area contributed by atoms with Gasteiger partial charge in [-0.15, -0.1) is 0 Å². The van der Waals surface area contributed by atoms with Gasteiger partial charge in [-0.1, -0.05) is 53.8 Å². The summed E-state index contributed by atoms with van der Waals surface area (Å²) in [6.45, 7) is 0. The largest absolute Gasteiger partial charge is 0.872 e. The summed E-state index contributed by atoms with van der Waals surface area (Å²) in [7, 11) is 0. The lowest BCUT2D eigenvalue weighted by atomic mass is 10.0. The molecule has 0 spiro atoms. The van der Waals surface area contributed by atoms with Gasteiger partial charge in [-0.2, -0.15) is 0 Å². The van der Waals surface area contributed by atoms with Gasteiger partial charge in [0.2, 0.25) is 0 Å². The quantitative estimate of drug-likeness (QED) is 0.786. The van der Waals surface area contributed by atoms with Gasteiger partial charge in [-0.25, -0.2) is 0 Å². The van der Waals surface area contributed by atoms with Gasteiger partial charge in [0.25, 0.3) is 0 Å². The monoisotopic (exact) mass is 255 g/mol. The lowest BCUT2D eigenvalue weighted by molar-refractivity contribution is -0.242. The Hall–Kier alpha value is -2.06. The molecule has 1 aliphatic rings. The Morgan fingerprint density at radius 3 is 2.11 bits per heavy atom. The first-order chi connectivity index (χ1) is 8.68. The van der Waals surface area contributed by atoms with Gasteiger partial charge in [0, 0.05) is 16.2 Å². The number of rotatable bonds is 1. The maximum absolute atomic E-state index is 12.2. The van der Waals surface area contributed by atoms with Crippen molar-refractivity contribution in [1.29, 1.82) is 0 Å². The zero-order valence-corrected chi connectivity index (χ0v) is 10.1. The summed E-state index contributed by atoms with van der Waals surface area (Å²) in [5, 5.41) is 12.8. The fourth-order valence-corrected chi connectivity index (χ4v) is 2.26. The highest BCUT2D eigenvalue weighted by Gasteiger charge is 2.24. The highest BCUT2D eigenvalue weighted by atomic mass is 35.5. The van der Waals surface area contributed by atoms with E-state index in [0.717, 1.165) is 0 Å². The molecule has 88 valence electrons. The first-order valence-electron chi connectivity index (χ1n) is 5.50. The second kappa shape index (κ2) is 4.00. The normalized spacial score (nSPS) is 13.9. The molecular formula is C15H8ClO2-. The van der Waals surface area contributed by atoms with Crippen LogP contribution >= 0.6 is 11.6 Å². The Balaban J connectivity index is 2.18. The molecule has 2 nitrogen and oxygen atoms in total. The summed E-state index contributed by atoms with van der Waals surface area (Å²) < 4.78 is 0. The minimum Gasteiger partial charge on any atom is -0.872 e. The number of Topliss-reactive ketones (excluding diaryl/α,β-unsaturated/α-hetero) is 1. The molecule has 0 saturated carbocycles. The van der Waals surface area contributed by atoms with Crippen molar-refractivity contribution in [3.8, 4) is 0 Å². The predicted molar refractivity (Wildman–Crippen MR) is 69.0 cm³/mol. The minimum absolute atomic E-state index is 0.210. The molecule has 3 rings (SSSR count). The van der Waals surface area contributed by atoms with Crippen molar-refractivity contribution in [2.24, 2.45) is 0 Å². The summed E-state index contributed by atoms with van der Waals surface area (Å²) in [5.74, 6) is -0.421. The molecule has 2 aromatic rings. The molecule has 0 aromatic heterocycles. The van der Waals surface area contributed by atoms with Gasteiger partial charge in [-0.3, -0.25) is 4.79 Å². The van der Waals surface area contributed by atoms with Gasteiger partial charge in [0.05, 0.1) is 0 Å². The van der Waals surface area contributed by atoms with E-state index in [1.54, 1.807) is 48.5 Å². The first-order valence-corrected chi connectivity index (χ1v) is 5.87. The zero-order chi connectivity index (χ0) is 12.7. The zero-order valence-electron chi connectivity index (χ0n) is 9.31. The first kappa shape index (κ1) is 11.1. The van der Waals surface area contributed by atoms with Crippen LogP contribution in [0.15, 0.2) is 48.5 Å². The van der Waals surface area contributed by atoms with Crippen molar-refractivity contribution in [2.45, 2.75) is 0 Å². The maximum Gasteiger partial charge on any atom is 0.193 e. The topological polar surface area (TPSA) is 40.1 Å². The summed E-state index contributed by atoms with van der Waals surface area (Å²) >= 11 is 5.80. The molecule has 1 aliphatic carbocycles. The van der Waals surface area contributed by atoms with Crippen LogP contribution in [0.3, 0.4) is 0 Å². The van der Waals surface area contributed by atoms with Crippen LogP contribution in [0.1, 0.15) is 21.5 Å². The summed E-state index contributed by atoms with van der Waals surface area (Å²) in [6.07, 6.45) is 0. The fourth-order valence-electron chi connectivity index (χ4n) is 2.13. The number of carbonyl (C=O) groups is 1. The van der Waals surface area contributed by atoms with Crippen molar-refractivity contribution < 1.29 is 9.90 Å². The molecule has 0 fully saturated rings. The van der Waals surface area contributed by atoms with Crippen molar-refractivity contribution in [3.05, 3.63) is 70.2 Å². The molecule has 0 unspecified atom stereocenters. The van der Waals surface area contributed by atoms with Gasteiger partial charge >= 0.3 is 0 Å². The highest BCUT2D eigenvalue weighted by molar-refractivity contribution is 6.38. The third kappa shape index (κ3) is 1.54. The van der Waals surface area contributed by atoms with Crippen molar-refractivity contribution in [1.82, 2.24) is 0 Å². The van der Waals surface area contributed by atoms with Gasteiger partial charge in [-0.05, 0) is 23.3 Å². The standard InChI is InChI=1S/C15H9ClO2/c16-10-7-5-9(6-8-10)13-14(17)11-3-1-2-4-12(11)15(13)18/h1-8,17H/p-1. The number of ketones is 1. The number of benzene rings is 2. The van der Waals surface area contributed by atoms with E-state index >= 15 is 0 Å².